The smallest absolute Gasteiger partial charge is 0.169 e. The molecule has 34 heavy (non-hydrogen) atoms. The fourth-order valence-electron chi connectivity index (χ4n) is 3.32. The van der Waals surface area contributed by atoms with Crippen LogP contribution in [0.2, 0.25) is 0 Å². The Morgan fingerprint density at radius 2 is 0.588 bits per heavy atom. The highest BCUT2D eigenvalue weighted by Gasteiger charge is 2.09. The van der Waals surface area contributed by atoms with Gasteiger partial charge in [0.15, 0.2) is 11.5 Å². The van der Waals surface area contributed by atoms with Crippen LogP contribution in [0, 0.1) is 0 Å². The van der Waals surface area contributed by atoms with Crippen molar-refractivity contribution < 1.29 is 18.9 Å². The molecular weight excluding hydrogens is 424 g/mol. The van der Waals surface area contributed by atoms with Gasteiger partial charge in [0, 0.05) is 12.1 Å². The molecule has 0 bridgehead atoms. The summed E-state index contributed by atoms with van der Waals surface area (Å²) in [4.78, 5) is 0. The monoisotopic (exact) mass is 446 g/mol. The van der Waals surface area contributed by atoms with E-state index in [9.17, 15) is 0 Å². The first-order chi connectivity index (χ1) is 16.8. The molecular formula is C30H22O4. The molecule has 0 N–H and O–H groups in total. The molecule has 0 saturated heterocycles. The van der Waals surface area contributed by atoms with Gasteiger partial charge >= 0.3 is 0 Å². The Morgan fingerprint density at radius 1 is 0.265 bits per heavy atom. The topological polar surface area (TPSA) is 36.9 Å². The van der Waals surface area contributed by atoms with Gasteiger partial charge in [-0.05, 0) is 60.7 Å². The van der Waals surface area contributed by atoms with Gasteiger partial charge < -0.3 is 18.9 Å². The fourth-order valence-corrected chi connectivity index (χ4v) is 3.32. The lowest BCUT2D eigenvalue weighted by molar-refractivity contribution is 0.412. The number of rotatable bonds is 8. The normalized spacial score (nSPS) is 10.4. The molecule has 0 fully saturated rings. The molecule has 0 radical (unpaired) electrons. The Balaban J connectivity index is 1.32. The zero-order chi connectivity index (χ0) is 23.0. The van der Waals surface area contributed by atoms with Crippen molar-refractivity contribution >= 4 is 0 Å². The van der Waals surface area contributed by atoms with E-state index in [1.807, 2.05) is 133 Å². The maximum Gasteiger partial charge on any atom is 0.169 e. The average Bonchev–Trinajstić information content (AvgIpc) is 2.87. The first-order valence-electron chi connectivity index (χ1n) is 10.9. The van der Waals surface area contributed by atoms with Crippen LogP contribution in [0.3, 0.4) is 0 Å². The highest BCUT2D eigenvalue weighted by molar-refractivity contribution is 5.47. The van der Waals surface area contributed by atoms with Gasteiger partial charge in [0.05, 0.1) is 0 Å². The summed E-state index contributed by atoms with van der Waals surface area (Å²) in [5.41, 5.74) is 0. The predicted molar refractivity (Wildman–Crippen MR) is 133 cm³/mol. The molecule has 0 atom stereocenters. The van der Waals surface area contributed by atoms with Crippen molar-refractivity contribution in [2.45, 2.75) is 0 Å². The van der Waals surface area contributed by atoms with Crippen LogP contribution < -0.4 is 18.9 Å². The van der Waals surface area contributed by atoms with Crippen LogP contribution in [-0.4, -0.2) is 0 Å². The van der Waals surface area contributed by atoms with E-state index in [-0.39, 0.29) is 0 Å². The number of hydrogen-bond donors (Lipinski definition) is 0. The van der Waals surface area contributed by atoms with Crippen molar-refractivity contribution in [1.29, 1.82) is 0 Å². The quantitative estimate of drug-likeness (QED) is 0.238. The Kier molecular flexibility index (Phi) is 6.40. The van der Waals surface area contributed by atoms with Crippen molar-refractivity contribution in [3.63, 3.8) is 0 Å². The maximum atomic E-state index is 6.15. The first kappa shape index (κ1) is 21.2. The molecule has 0 aliphatic carbocycles. The van der Waals surface area contributed by atoms with E-state index in [0.717, 1.165) is 11.5 Å². The van der Waals surface area contributed by atoms with E-state index in [2.05, 4.69) is 0 Å². The summed E-state index contributed by atoms with van der Waals surface area (Å²) in [5.74, 6) is 5.38. The van der Waals surface area contributed by atoms with Gasteiger partial charge in [-0.15, -0.1) is 0 Å². The molecule has 5 aromatic rings. The van der Waals surface area contributed by atoms with Crippen LogP contribution in [0.1, 0.15) is 0 Å². The fraction of sp³-hybridized carbons (Fsp3) is 0. The third kappa shape index (κ3) is 5.56. The van der Waals surface area contributed by atoms with Crippen molar-refractivity contribution in [3.05, 3.63) is 133 Å². The Morgan fingerprint density at radius 3 is 1.00 bits per heavy atom. The van der Waals surface area contributed by atoms with Gasteiger partial charge in [-0.1, -0.05) is 60.7 Å². The minimum Gasteiger partial charge on any atom is -0.457 e. The molecule has 0 heterocycles. The Bertz CT molecular complexity index is 1240. The van der Waals surface area contributed by atoms with Crippen LogP contribution in [0.4, 0.5) is 0 Å². The highest BCUT2D eigenvalue weighted by atomic mass is 16.5. The molecule has 5 aromatic carbocycles. The zero-order valence-corrected chi connectivity index (χ0v) is 18.3. The highest BCUT2D eigenvalue weighted by Crippen LogP contribution is 2.37. The van der Waals surface area contributed by atoms with Gasteiger partial charge in [0.2, 0.25) is 0 Å². The number of benzene rings is 5. The van der Waals surface area contributed by atoms with Crippen molar-refractivity contribution in [2.75, 3.05) is 0 Å². The summed E-state index contributed by atoms with van der Waals surface area (Å²) < 4.78 is 24.1. The molecule has 0 spiro atoms. The Hall–Kier alpha value is -4.70. The molecule has 0 aliphatic rings. The van der Waals surface area contributed by atoms with Gasteiger partial charge in [-0.25, -0.2) is 0 Å². The van der Waals surface area contributed by atoms with E-state index in [0.29, 0.717) is 34.5 Å². The van der Waals surface area contributed by atoms with E-state index >= 15 is 0 Å². The van der Waals surface area contributed by atoms with Gasteiger partial charge in [0.1, 0.15) is 34.5 Å². The molecule has 5 rings (SSSR count). The molecule has 166 valence electrons. The van der Waals surface area contributed by atoms with Crippen molar-refractivity contribution in [1.82, 2.24) is 0 Å². The summed E-state index contributed by atoms with van der Waals surface area (Å²) in [6.45, 7) is 0. The second kappa shape index (κ2) is 10.3. The molecule has 0 aromatic heterocycles. The lowest BCUT2D eigenvalue weighted by atomic mass is 10.3. The molecule has 4 nitrogen and oxygen atoms in total. The van der Waals surface area contributed by atoms with E-state index in [1.54, 1.807) is 0 Å². The van der Waals surface area contributed by atoms with Crippen LogP contribution >= 0.6 is 0 Å². The third-order valence-corrected chi connectivity index (χ3v) is 4.87. The zero-order valence-electron chi connectivity index (χ0n) is 18.3. The van der Waals surface area contributed by atoms with Crippen molar-refractivity contribution in [2.24, 2.45) is 0 Å². The third-order valence-electron chi connectivity index (χ3n) is 4.87. The molecule has 4 heteroatoms. The van der Waals surface area contributed by atoms with Gasteiger partial charge in [-0.3, -0.25) is 0 Å². The Labute approximate surface area is 198 Å². The molecule has 0 saturated carbocycles. The number of hydrogen-bond acceptors (Lipinski definition) is 4. The van der Waals surface area contributed by atoms with Gasteiger partial charge in [-0.2, -0.15) is 0 Å². The van der Waals surface area contributed by atoms with Gasteiger partial charge in [0.25, 0.3) is 0 Å². The van der Waals surface area contributed by atoms with Crippen LogP contribution in [0.15, 0.2) is 133 Å². The lowest BCUT2D eigenvalue weighted by Gasteiger charge is -2.14. The van der Waals surface area contributed by atoms with Crippen LogP contribution in [-0.2, 0) is 0 Å². The lowest BCUT2D eigenvalue weighted by Crippen LogP contribution is -1.91. The molecule has 0 unspecified atom stereocenters. The van der Waals surface area contributed by atoms with Crippen LogP contribution in [0.25, 0.3) is 0 Å². The molecule has 0 amide bonds. The van der Waals surface area contributed by atoms with E-state index in [4.69, 9.17) is 18.9 Å². The SMILES string of the molecule is c1ccc(Oc2cccc(Oc3ccccc3Oc3cccc(Oc4ccccc4)c3)c2)cc1. The second-order valence-corrected chi connectivity index (χ2v) is 7.43. The standard InChI is InChI=1S/C30H22O4/c1-3-11-23(12-4-1)31-25-15-9-17-27(21-25)33-29-19-7-8-20-30(29)34-28-18-10-16-26(22-28)32-24-13-5-2-6-14-24/h1-22H. The predicted octanol–water partition coefficient (Wildman–Crippen LogP) is 8.86. The number of ether oxygens (including phenoxy) is 4. The minimum absolute atomic E-state index is 0.591. The second-order valence-electron chi connectivity index (χ2n) is 7.43. The minimum atomic E-state index is 0.591. The maximum absolute atomic E-state index is 6.15. The first-order valence-corrected chi connectivity index (χ1v) is 10.9. The number of para-hydroxylation sites is 4. The average molecular weight is 447 g/mol. The van der Waals surface area contributed by atoms with Crippen LogP contribution in [0.5, 0.6) is 46.0 Å². The molecule has 0 aliphatic heterocycles. The summed E-state index contributed by atoms with van der Waals surface area (Å²) in [7, 11) is 0. The summed E-state index contributed by atoms with van der Waals surface area (Å²) in [6, 6.07) is 41.8. The largest absolute Gasteiger partial charge is 0.457 e. The summed E-state index contributed by atoms with van der Waals surface area (Å²) in [5, 5.41) is 0. The van der Waals surface area contributed by atoms with E-state index < -0.39 is 0 Å². The van der Waals surface area contributed by atoms with Crippen molar-refractivity contribution in [3.8, 4) is 46.0 Å². The summed E-state index contributed by atoms with van der Waals surface area (Å²) >= 11 is 0. The summed E-state index contributed by atoms with van der Waals surface area (Å²) in [6.07, 6.45) is 0. The van der Waals surface area contributed by atoms with E-state index in [1.165, 1.54) is 0 Å².